The van der Waals surface area contributed by atoms with Crippen LogP contribution in [-0.2, 0) is 0 Å². The van der Waals surface area contributed by atoms with Crippen LogP contribution in [0.15, 0.2) is 60.7 Å². The molecule has 0 spiro atoms. The van der Waals surface area contributed by atoms with E-state index in [0.717, 1.165) is 0 Å². The minimum atomic E-state index is -1.48. The van der Waals surface area contributed by atoms with E-state index in [9.17, 15) is 0 Å². The van der Waals surface area contributed by atoms with E-state index in [0.29, 0.717) is 0 Å². The molecular formula is C13H12Te. The Morgan fingerprint density at radius 3 is 1.36 bits per heavy atom. The van der Waals surface area contributed by atoms with Gasteiger partial charge in [-0.05, 0) is 0 Å². The van der Waals surface area contributed by atoms with Crippen molar-refractivity contribution < 1.29 is 0 Å². The quantitative estimate of drug-likeness (QED) is 0.733. The van der Waals surface area contributed by atoms with E-state index < -0.39 is 19.1 Å². The second-order valence-corrected chi connectivity index (χ2v) is 7.94. The van der Waals surface area contributed by atoms with Crippen molar-refractivity contribution in [3.63, 3.8) is 0 Å². The number of benzene rings is 2. The van der Waals surface area contributed by atoms with Crippen LogP contribution in [0, 0.1) is 0 Å². The maximum atomic E-state index is 4.35. The van der Waals surface area contributed by atoms with E-state index >= 15 is 0 Å². The third-order valence-electron chi connectivity index (χ3n) is 2.06. The first-order valence-corrected chi connectivity index (χ1v) is 8.50. The van der Waals surface area contributed by atoms with Gasteiger partial charge < -0.3 is 0 Å². The van der Waals surface area contributed by atoms with E-state index in [4.69, 9.17) is 0 Å². The molecule has 2 aromatic carbocycles. The molecular weight excluding hydrogens is 284 g/mol. The topological polar surface area (TPSA) is 0 Å². The first-order chi connectivity index (χ1) is 6.88. The van der Waals surface area contributed by atoms with Crippen LogP contribution >= 0.6 is 0 Å². The summed E-state index contributed by atoms with van der Waals surface area (Å²) in [6.07, 6.45) is 0. The van der Waals surface area contributed by atoms with Crippen LogP contribution in [0.25, 0.3) is 0 Å². The van der Waals surface area contributed by atoms with Gasteiger partial charge in [-0.15, -0.1) is 0 Å². The Kier molecular flexibility index (Phi) is 3.14. The second kappa shape index (κ2) is 4.55. The summed E-state index contributed by atoms with van der Waals surface area (Å²) in [5, 5.41) is 0. The standard InChI is InChI=1S/C13H12Te/c1-14(12-8-4-2-5-9-12)13-10-6-3-7-11-13/h2-11H,1H2. The molecule has 2 rings (SSSR count). The minimum absolute atomic E-state index is 1.43. The van der Waals surface area contributed by atoms with Gasteiger partial charge >= 0.3 is 91.5 Å². The van der Waals surface area contributed by atoms with Crippen LogP contribution in [0.2, 0.25) is 0 Å². The van der Waals surface area contributed by atoms with Crippen molar-refractivity contribution in [3.8, 4) is 0 Å². The van der Waals surface area contributed by atoms with Gasteiger partial charge in [-0.2, -0.15) is 0 Å². The van der Waals surface area contributed by atoms with E-state index in [1.165, 1.54) is 7.22 Å². The maximum absolute atomic E-state index is 4.35. The normalized spacial score (nSPS) is 10.4. The molecule has 0 aliphatic rings. The van der Waals surface area contributed by atoms with Gasteiger partial charge in [0.2, 0.25) is 0 Å². The molecule has 0 N–H and O–H groups in total. The molecule has 0 unspecified atom stereocenters. The summed E-state index contributed by atoms with van der Waals surface area (Å²) in [6.45, 7) is 0. The Balaban J connectivity index is 2.35. The van der Waals surface area contributed by atoms with Crippen molar-refractivity contribution in [1.29, 1.82) is 0 Å². The van der Waals surface area contributed by atoms with Crippen LogP contribution in [0.1, 0.15) is 0 Å². The summed E-state index contributed by atoms with van der Waals surface area (Å²) in [5.74, 6) is 0. The fourth-order valence-corrected chi connectivity index (χ4v) is 4.85. The van der Waals surface area contributed by atoms with Gasteiger partial charge in [-0.3, -0.25) is 0 Å². The number of hydrogen-bond donors (Lipinski definition) is 0. The van der Waals surface area contributed by atoms with E-state index in [1.54, 1.807) is 0 Å². The Labute approximate surface area is 91.3 Å². The third-order valence-corrected chi connectivity index (χ3v) is 6.86. The molecule has 0 fully saturated rings. The summed E-state index contributed by atoms with van der Waals surface area (Å²) in [4.78, 5) is 0. The van der Waals surface area contributed by atoms with Crippen LogP contribution in [0.5, 0.6) is 0 Å². The Bertz CT molecular complexity index is 376. The molecule has 0 atom stereocenters. The fraction of sp³-hybridized carbons (Fsp3) is 0. The molecule has 2 aromatic rings. The van der Waals surface area contributed by atoms with Crippen molar-refractivity contribution in [3.05, 3.63) is 60.7 Å². The second-order valence-electron chi connectivity index (χ2n) is 3.02. The molecule has 0 aliphatic heterocycles. The molecule has 0 amide bonds. The van der Waals surface area contributed by atoms with E-state index in [-0.39, 0.29) is 0 Å². The zero-order chi connectivity index (χ0) is 9.80. The average Bonchev–Trinajstić information content (AvgIpc) is 2.30. The van der Waals surface area contributed by atoms with Crippen molar-refractivity contribution >= 4 is 30.9 Å². The van der Waals surface area contributed by atoms with Gasteiger partial charge in [0.1, 0.15) is 0 Å². The van der Waals surface area contributed by atoms with Crippen molar-refractivity contribution in [1.82, 2.24) is 0 Å². The molecule has 14 heavy (non-hydrogen) atoms. The molecule has 0 saturated carbocycles. The Hall–Kier alpha value is -0.900. The molecule has 0 saturated heterocycles. The SMILES string of the molecule is C=[Te](c1ccccc1)c1ccccc1. The predicted molar refractivity (Wildman–Crippen MR) is 65.0 cm³/mol. The van der Waals surface area contributed by atoms with Gasteiger partial charge in [0.25, 0.3) is 0 Å². The zero-order valence-corrected chi connectivity index (χ0v) is 10.2. The molecule has 0 radical (unpaired) electrons. The van der Waals surface area contributed by atoms with Crippen molar-refractivity contribution in [2.75, 3.05) is 0 Å². The molecule has 0 bridgehead atoms. The monoisotopic (exact) mass is 298 g/mol. The first kappa shape index (κ1) is 9.65. The summed E-state index contributed by atoms with van der Waals surface area (Å²) in [5.41, 5.74) is 0. The summed E-state index contributed by atoms with van der Waals surface area (Å²) in [7, 11) is 0. The molecule has 70 valence electrons. The van der Waals surface area contributed by atoms with Crippen LogP contribution in [-0.4, -0.2) is 23.6 Å². The molecule has 0 heterocycles. The summed E-state index contributed by atoms with van der Waals surface area (Å²) < 4.78 is 7.21. The van der Waals surface area contributed by atoms with Gasteiger partial charge in [-0.25, -0.2) is 0 Å². The van der Waals surface area contributed by atoms with Crippen molar-refractivity contribution in [2.45, 2.75) is 0 Å². The number of hydrogen-bond acceptors (Lipinski definition) is 0. The van der Waals surface area contributed by atoms with Crippen LogP contribution in [0.4, 0.5) is 0 Å². The summed E-state index contributed by atoms with van der Waals surface area (Å²) >= 11 is -1.48. The van der Waals surface area contributed by atoms with E-state index in [2.05, 4.69) is 65.2 Å². The van der Waals surface area contributed by atoms with Gasteiger partial charge in [-0.1, -0.05) is 0 Å². The number of rotatable bonds is 2. The average molecular weight is 296 g/mol. The van der Waals surface area contributed by atoms with Gasteiger partial charge in [0.15, 0.2) is 0 Å². The van der Waals surface area contributed by atoms with Crippen LogP contribution < -0.4 is 7.22 Å². The zero-order valence-electron chi connectivity index (χ0n) is 7.89. The molecule has 1 heteroatoms. The Morgan fingerprint density at radius 2 is 1.00 bits per heavy atom. The Morgan fingerprint density at radius 1 is 0.643 bits per heavy atom. The molecule has 0 aromatic heterocycles. The fourth-order valence-electron chi connectivity index (χ4n) is 1.31. The summed E-state index contributed by atoms with van der Waals surface area (Å²) in [6, 6.07) is 21.3. The molecule has 0 nitrogen and oxygen atoms in total. The molecule has 0 aliphatic carbocycles. The van der Waals surface area contributed by atoms with Crippen molar-refractivity contribution in [2.24, 2.45) is 0 Å². The first-order valence-electron chi connectivity index (χ1n) is 4.52. The van der Waals surface area contributed by atoms with Crippen LogP contribution in [0.3, 0.4) is 0 Å². The predicted octanol–water partition coefficient (Wildman–Crippen LogP) is 1.31. The van der Waals surface area contributed by atoms with Gasteiger partial charge in [0.05, 0.1) is 0 Å². The van der Waals surface area contributed by atoms with E-state index in [1.807, 2.05) is 0 Å². The third kappa shape index (κ3) is 2.12. The van der Waals surface area contributed by atoms with Gasteiger partial charge in [0, 0.05) is 0 Å².